The van der Waals surface area contributed by atoms with Gasteiger partial charge >= 0.3 is 0 Å². The van der Waals surface area contributed by atoms with Gasteiger partial charge in [-0.3, -0.25) is 4.79 Å². The Labute approximate surface area is 131 Å². The number of benzene rings is 2. The van der Waals surface area contributed by atoms with Crippen LogP contribution in [0.4, 0.5) is 0 Å². The molecule has 2 nitrogen and oxygen atoms in total. The second-order valence-corrected chi connectivity index (χ2v) is 5.62. The van der Waals surface area contributed by atoms with Crippen molar-refractivity contribution in [2.75, 3.05) is 0 Å². The van der Waals surface area contributed by atoms with Crippen LogP contribution in [0.5, 0.6) is 0 Å². The van der Waals surface area contributed by atoms with E-state index in [0.29, 0.717) is 0 Å². The lowest BCUT2D eigenvalue weighted by Gasteiger charge is -2.12. The summed E-state index contributed by atoms with van der Waals surface area (Å²) in [5.74, 6) is 0.0977. The van der Waals surface area contributed by atoms with Crippen molar-refractivity contribution in [1.82, 2.24) is 4.57 Å². The Hall–Kier alpha value is -2.61. The second-order valence-electron chi connectivity index (χ2n) is 5.62. The fraction of sp³-hybridized carbons (Fsp3) is 0.150. The molecule has 0 unspecified atom stereocenters. The van der Waals surface area contributed by atoms with Gasteiger partial charge in [-0.2, -0.15) is 0 Å². The minimum atomic E-state index is 0.0977. The quantitative estimate of drug-likeness (QED) is 0.624. The first kappa shape index (κ1) is 14.3. The monoisotopic (exact) mass is 289 g/mol. The van der Waals surface area contributed by atoms with E-state index in [4.69, 9.17) is 0 Å². The highest BCUT2D eigenvalue weighted by Gasteiger charge is 2.17. The van der Waals surface area contributed by atoms with Crippen molar-refractivity contribution in [3.05, 3.63) is 77.5 Å². The average molecular weight is 289 g/mol. The normalized spacial score (nSPS) is 10.7. The van der Waals surface area contributed by atoms with Crippen LogP contribution in [0.1, 0.15) is 28.5 Å². The van der Waals surface area contributed by atoms with Crippen molar-refractivity contribution in [2.45, 2.75) is 20.8 Å². The van der Waals surface area contributed by atoms with Crippen LogP contribution in [0, 0.1) is 13.8 Å². The third-order valence-electron chi connectivity index (χ3n) is 3.99. The van der Waals surface area contributed by atoms with Crippen molar-refractivity contribution in [3.63, 3.8) is 0 Å². The van der Waals surface area contributed by atoms with Gasteiger partial charge in [0.25, 0.3) is 0 Å². The Balaban J connectivity index is 2.27. The maximum Gasteiger partial charge on any atom is 0.161 e. The molecule has 2 heteroatoms. The first-order valence-electron chi connectivity index (χ1n) is 7.43. The van der Waals surface area contributed by atoms with E-state index >= 15 is 0 Å². The highest BCUT2D eigenvalue weighted by Crippen LogP contribution is 2.29. The molecule has 0 N–H and O–H groups in total. The summed E-state index contributed by atoms with van der Waals surface area (Å²) in [6.07, 6.45) is 0. The maximum atomic E-state index is 11.9. The molecule has 0 amide bonds. The lowest BCUT2D eigenvalue weighted by atomic mass is 10.1. The molecule has 0 saturated heterocycles. The van der Waals surface area contributed by atoms with Gasteiger partial charge in [-0.25, -0.2) is 0 Å². The molecule has 3 aromatic rings. The zero-order chi connectivity index (χ0) is 15.7. The van der Waals surface area contributed by atoms with Crippen LogP contribution in [0.3, 0.4) is 0 Å². The highest BCUT2D eigenvalue weighted by atomic mass is 16.1. The SMILES string of the molecule is CC(=O)c1cc(-c2ccccc2)n(-c2ccc(C)cc2)c1C. The topological polar surface area (TPSA) is 22.0 Å². The Morgan fingerprint density at radius 2 is 1.55 bits per heavy atom. The minimum absolute atomic E-state index is 0.0977. The number of carbonyl (C=O) groups excluding carboxylic acids is 1. The van der Waals surface area contributed by atoms with Crippen LogP contribution < -0.4 is 0 Å². The zero-order valence-corrected chi connectivity index (χ0v) is 13.1. The van der Waals surface area contributed by atoms with Gasteiger partial charge in [0.2, 0.25) is 0 Å². The molecule has 0 saturated carbocycles. The summed E-state index contributed by atoms with van der Waals surface area (Å²) in [4.78, 5) is 11.9. The zero-order valence-electron chi connectivity index (χ0n) is 13.1. The summed E-state index contributed by atoms with van der Waals surface area (Å²) in [5.41, 5.74) is 6.22. The molecule has 0 spiro atoms. The van der Waals surface area contributed by atoms with Crippen LogP contribution in [0.25, 0.3) is 16.9 Å². The Kier molecular flexibility index (Phi) is 3.68. The van der Waals surface area contributed by atoms with Crippen LogP contribution in [0.2, 0.25) is 0 Å². The lowest BCUT2D eigenvalue weighted by Crippen LogP contribution is -2.01. The number of rotatable bonds is 3. The van der Waals surface area contributed by atoms with Gasteiger partial charge in [0.05, 0.1) is 5.69 Å². The summed E-state index contributed by atoms with van der Waals surface area (Å²) in [7, 11) is 0. The number of nitrogens with zero attached hydrogens (tertiary/aromatic N) is 1. The fourth-order valence-electron chi connectivity index (χ4n) is 2.81. The summed E-state index contributed by atoms with van der Waals surface area (Å²) >= 11 is 0. The van der Waals surface area contributed by atoms with Crippen molar-refractivity contribution >= 4 is 5.78 Å². The summed E-state index contributed by atoms with van der Waals surface area (Å²) in [5, 5.41) is 0. The molecule has 0 aliphatic rings. The Morgan fingerprint density at radius 1 is 0.909 bits per heavy atom. The summed E-state index contributed by atoms with van der Waals surface area (Å²) in [6.45, 7) is 5.70. The smallest absolute Gasteiger partial charge is 0.161 e. The van der Waals surface area contributed by atoms with E-state index in [-0.39, 0.29) is 5.78 Å². The molecule has 0 aliphatic heterocycles. The number of aromatic nitrogens is 1. The van der Waals surface area contributed by atoms with E-state index in [1.54, 1.807) is 6.92 Å². The minimum Gasteiger partial charge on any atom is -0.313 e. The van der Waals surface area contributed by atoms with E-state index < -0.39 is 0 Å². The van der Waals surface area contributed by atoms with E-state index in [1.165, 1.54) is 5.56 Å². The third kappa shape index (κ3) is 2.48. The van der Waals surface area contributed by atoms with Crippen LogP contribution >= 0.6 is 0 Å². The maximum absolute atomic E-state index is 11.9. The van der Waals surface area contributed by atoms with Crippen molar-refractivity contribution in [1.29, 1.82) is 0 Å². The summed E-state index contributed by atoms with van der Waals surface area (Å²) < 4.78 is 2.16. The molecule has 0 fully saturated rings. The molecular weight excluding hydrogens is 270 g/mol. The van der Waals surface area contributed by atoms with Crippen LogP contribution in [-0.4, -0.2) is 10.4 Å². The van der Waals surface area contributed by atoms with Crippen molar-refractivity contribution in [2.24, 2.45) is 0 Å². The molecule has 0 atom stereocenters. The van der Waals surface area contributed by atoms with Gasteiger partial charge in [0.1, 0.15) is 0 Å². The molecular formula is C20H19NO. The van der Waals surface area contributed by atoms with Crippen molar-refractivity contribution in [3.8, 4) is 16.9 Å². The summed E-state index contributed by atoms with van der Waals surface area (Å²) in [6, 6.07) is 20.6. The van der Waals surface area contributed by atoms with E-state index in [0.717, 1.165) is 28.2 Å². The first-order valence-corrected chi connectivity index (χ1v) is 7.43. The number of hydrogen-bond acceptors (Lipinski definition) is 1. The number of aryl methyl sites for hydroxylation is 1. The lowest BCUT2D eigenvalue weighted by molar-refractivity contribution is 0.101. The molecule has 0 bridgehead atoms. The van der Waals surface area contributed by atoms with Gasteiger partial charge in [-0.15, -0.1) is 0 Å². The van der Waals surface area contributed by atoms with Gasteiger partial charge in [0.15, 0.2) is 5.78 Å². The molecule has 110 valence electrons. The van der Waals surface area contributed by atoms with E-state index in [1.807, 2.05) is 31.2 Å². The molecule has 3 rings (SSSR count). The molecule has 1 aromatic heterocycles. The molecule has 22 heavy (non-hydrogen) atoms. The van der Waals surface area contributed by atoms with Gasteiger partial charge in [-0.1, -0.05) is 48.0 Å². The number of hydrogen-bond donors (Lipinski definition) is 0. The largest absolute Gasteiger partial charge is 0.313 e. The van der Waals surface area contributed by atoms with E-state index in [2.05, 4.69) is 47.9 Å². The van der Waals surface area contributed by atoms with Gasteiger partial charge in [0, 0.05) is 16.9 Å². The second kappa shape index (κ2) is 5.64. The number of carbonyl (C=O) groups is 1. The molecule has 0 aliphatic carbocycles. The molecule has 2 aromatic carbocycles. The number of Topliss-reactive ketones (excluding diaryl/α,β-unsaturated/α-hetero) is 1. The molecule has 1 heterocycles. The van der Waals surface area contributed by atoms with Crippen LogP contribution in [-0.2, 0) is 0 Å². The first-order chi connectivity index (χ1) is 10.6. The predicted molar refractivity (Wildman–Crippen MR) is 90.7 cm³/mol. The van der Waals surface area contributed by atoms with Crippen LogP contribution in [0.15, 0.2) is 60.7 Å². The number of ketones is 1. The average Bonchev–Trinajstić information content (AvgIpc) is 2.87. The Morgan fingerprint density at radius 3 is 2.14 bits per heavy atom. The molecule has 0 radical (unpaired) electrons. The third-order valence-corrected chi connectivity index (χ3v) is 3.99. The van der Waals surface area contributed by atoms with Gasteiger partial charge < -0.3 is 4.57 Å². The van der Waals surface area contributed by atoms with Crippen molar-refractivity contribution < 1.29 is 4.79 Å². The highest BCUT2D eigenvalue weighted by molar-refractivity contribution is 5.97. The standard InChI is InChI=1S/C20H19NO/c1-14-9-11-18(12-10-14)21-15(2)19(16(3)22)13-20(21)17-7-5-4-6-8-17/h4-13H,1-3H3. The predicted octanol–water partition coefficient (Wildman–Crippen LogP) is 4.96. The van der Waals surface area contributed by atoms with Gasteiger partial charge in [-0.05, 0) is 44.5 Å². The Bertz CT molecular complexity index is 811. The fourth-order valence-corrected chi connectivity index (χ4v) is 2.81. The van der Waals surface area contributed by atoms with E-state index in [9.17, 15) is 4.79 Å².